The average Bonchev–Trinajstić information content (AvgIpc) is 3.04. The first kappa shape index (κ1) is 15.3. The molecule has 0 amide bonds. The normalized spacial score (nSPS) is 12.2. The van der Waals surface area contributed by atoms with Crippen LogP contribution in [0.25, 0.3) is 43.8 Å². The van der Waals surface area contributed by atoms with Crippen molar-refractivity contribution in [3.63, 3.8) is 0 Å². The van der Waals surface area contributed by atoms with Gasteiger partial charge in [0.25, 0.3) is 0 Å². The Morgan fingerprint density at radius 1 is 0.615 bits per heavy atom. The summed E-state index contributed by atoms with van der Waals surface area (Å²) in [6, 6.07) is 11.9. The van der Waals surface area contributed by atoms with E-state index in [1.807, 2.05) is 39.0 Å². The van der Waals surface area contributed by atoms with Gasteiger partial charge in [0.2, 0.25) is 0 Å². The largest absolute Gasteiger partial charge is 0.289 e. The molecule has 2 heteroatoms. The Balaban J connectivity index is 2.09. The van der Waals surface area contributed by atoms with Crippen LogP contribution >= 0.6 is 0 Å². The first-order valence-corrected chi connectivity index (χ1v) is 8.87. The Hall–Kier alpha value is -3.00. The van der Waals surface area contributed by atoms with Crippen molar-refractivity contribution in [1.82, 2.24) is 0 Å². The van der Waals surface area contributed by atoms with Gasteiger partial charge in [-0.15, -0.1) is 0 Å². The molecule has 0 spiro atoms. The first-order chi connectivity index (χ1) is 12.4. The standard InChI is InChI=1S/C24H18O2/c1-11-5-13(3)20-15(7-11)9-18-22-17(10-19(25)23(18)20)16-8-12(2)6-14(4)21(16)24(22)26/h5-10H,1-4H3. The van der Waals surface area contributed by atoms with Crippen LogP contribution in [0.1, 0.15) is 22.3 Å². The molecule has 0 fully saturated rings. The van der Waals surface area contributed by atoms with Gasteiger partial charge in [-0.2, -0.15) is 0 Å². The van der Waals surface area contributed by atoms with Crippen molar-refractivity contribution in [2.75, 3.05) is 0 Å². The van der Waals surface area contributed by atoms with Crippen LogP contribution in [-0.4, -0.2) is 0 Å². The van der Waals surface area contributed by atoms with E-state index in [2.05, 4.69) is 19.1 Å². The summed E-state index contributed by atoms with van der Waals surface area (Å²) in [6.45, 7) is 8.08. The van der Waals surface area contributed by atoms with Crippen molar-refractivity contribution in [3.8, 4) is 22.3 Å². The van der Waals surface area contributed by atoms with Crippen molar-refractivity contribution in [2.45, 2.75) is 27.7 Å². The molecule has 0 heterocycles. The summed E-state index contributed by atoms with van der Waals surface area (Å²) < 4.78 is 0. The average molecular weight is 338 g/mol. The van der Waals surface area contributed by atoms with Crippen LogP contribution in [0.4, 0.5) is 0 Å². The fourth-order valence-electron chi connectivity index (χ4n) is 4.76. The van der Waals surface area contributed by atoms with Crippen molar-refractivity contribution in [2.24, 2.45) is 0 Å². The lowest BCUT2D eigenvalue weighted by Crippen LogP contribution is -2.09. The monoisotopic (exact) mass is 338 g/mol. The summed E-state index contributed by atoms with van der Waals surface area (Å²) >= 11 is 0. The molecule has 0 atom stereocenters. The molecule has 2 aromatic rings. The number of benzene rings is 3. The Bertz CT molecular complexity index is 1390. The van der Waals surface area contributed by atoms with E-state index in [4.69, 9.17) is 0 Å². The van der Waals surface area contributed by atoms with Gasteiger partial charge in [-0.05, 0) is 78.2 Å². The van der Waals surface area contributed by atoms with Gasteiger partial charge in [0, 0.05) is 16.5 Å². The Morgan fingerprint density at radius 2 is 1.27 bits per heavy atom. The van der Waals surface area contributed by atoms with Gasteiger partial charge in [0.15, 0.2) is 10.9 Å². The van der Waals surface area contributed by atoms with E-state index < -0.39 is 0 Å². The topological polar surface area (TPSA) is 34.1 Å². The highest BCUT2D eigenvalue weighted by molar-refractivity contribution is 6.14. The van der Waals surface area contributed by atoms with Crippen LogP contribution < -0.4 is 10.9 Å². The fraction of sp³-hybridized carbons (Fsp3) is 0.167. The lowest BCUT2D eigenvalue weighted by Gasteiger charge is -2.07. The molecule has 0 aromatic heterocycles. The summed E-state index contributed by atoms with van der Waals surface area (Å²) in [5.41, 5.74) is 7.34. The van der Waals surface area contributed by atoms with Crippen molar-refractivity contribution in [1.29, 1.82) is 0 Å². The Morgan fingerprint density at radius 3 is 2.00 bits per heavy atom. The molecule has 3 aliphatic carbocycles. The number of hydrogen-bond acceptors (Lipinski definition) is 2. The Labute approximate surface area is 151 Å². The molecule has 2 nitrogen and oxygen atoms in total. The summed E-state index contributed by atoms with van der Waals surface area (Å²) in [6.07, 6.45) is 0. The van der Waals surface area contributed by atoms with Gasteiger partial charge < -0.3 is 0 Å². The summed E-state index contributed by atoms with van der Waals surface area (Å²) in [5, 5.41) is 3.67. The molecular formula is C24H18O2. The van der Waals surface area contributed by atoms with E-state index >= 15 is 0 Å². The zero-order valence-electron chi connectivity index (χ0n) is 15.3. The van der Waals surface area contributed by atoms with Crippen LogP contribution in [-0.2, 0) is 0 Å². The summed E-state index contributed by atoms with van der Waals surface area (Å²) in [5.74, 6) is 0. The van der Waals surface area contributed by atoms with Crippen LogP contribution in [0, 0.1) is 27.7 Å². The fourth-order valence-corrected chi connectivity index (χ4v) is 4.76. The molecule has 5 rings (SSSR count). The Kier molecular flexibility index (Phi) is 2.81. The third-order valence-corrected chi connectivity index (χ3v) is 5.61. The number of hydrogen-bond donors (Lipinski definition) is 0. The molecule has 2 aromatic carbocycles. The second-order valence-corrected chi connectivity index (χ2v) is 7.61. The quantitative estimate of drug-likeness (QED) is 0.397. The molecule has 3 aliphatic rings. The first-order valence-electron chi connectivity index (χ1n) is 8.87. The second-order valence-electron chi connectivity index (χ2n) is 7.61. The minimum absolute atomic E-state index is 0.000474. The van der Waals surface area contributed by atoms with E-state index in [1.54, 1.807) is 6.07 Å². The maximum Gasteiger partial charge on any atom is 0.195 e. The summed E-state index contributed by atoms with van der Waals surface area (Å²) in [7, 11) is 0. The smallest absolute Gasteiger partial charge is 0.195 e. The minimum Gasteiger partial charge on any atom is -0.289 e. The van der Waals surface area contributed by atoms with Crippen LogP contribution in [0.2, 0.25) is 0 Å². The number of fused-ring (bicyclic) bond motifs is 7. The van der Waals surface area contributed by atoms with Gasteiger partial charge in [-0.25, -0.2) is 0 Å². The van der Waals surface area contributed by atoms with Crippen LogP contribution in [0.5, 0.6) is 0 Å². The van der Waals surface area contributed by atoms with Crippen LogP contribution in [0.3, 0.4) is 0 Å². The molecule has 0 unspecified atom stereocenters. The predicted octanol–water partition coefficient (Wildman–Crippen LogP) is 5.03. The molecule has 0 saturated carbocycles. The molecule has 0 radical (unpaired) electrons. The van der Waals surface area contributed by atoms with Gasteiger partial charge in [0.1, 0.15) is 0 Å². The van der Waals surface area contributed by atoms with E-state index in [-0.39, 0.29) is 10.9 Å². The molecule has 0 N–H and O–H groups in total. The molecule has 26 heavy (non-hydrogen) atoms. The van der Waals surface area contributed by atoms with E-state index in [9.17, 15) is 9.59 Å². The van der Waals surface area contributed by atoms with Gasteiger partial charge in [0.05, 0.1) is 0 Å². The third kappa shape index (κ3) is 1.76. The lowest BCUT2D eigenvalue weighted by atomic mass is 9.94. The third-order valence-electron chi connectivity index (χ3n) is 5.61. The molecule has 126 valence electrons. The zero-order valence-corrected chi connectivity index (χ0v) is 15.3. The van der Waals surface area contributed by atoms with E-state index in [1.165, 1.54) is 0 Å². The maximum atomic E-state index is 13.3. The SMILES string of the molecule is Cc1cc(C)c2c3c(=O)cc4c5cc(C)cc(C)c5c(=O)c-4c-3cc2c1. The van der Waals surface area contributed by atoms with E-state index in [0.717, 1.165) is 54.9 Å². The van der Waals surface area contributed by atoms with Gasteiger partial charge in [-0.3, -0.25) is 9.59 Å². The maximum absolute atomic E-state index is 13.3. The second kappa shape index (κ2) is 4.79. The van der Waals surface area contributed by atoms with Crippen LogP contribution in [0.15, 0.2) is 46.0 Å². The van der Waals surface area contributed by atoms with Crippen molar-refractivity contribution < 1.29 is 0 Å². The number of rotatable bonds is 0. The zero-order chi connectivity index (χ0) is 18.3. The van der Waals surface area contributed by atoms with Gasteiger partial charge in [-0.1, -0.05) is 35.4 Å². The molecular weight excluding hydrogens is 320 g/mol. The lowest BCUT2D eigenvalue weighted by molar-refractivity contribution is 1.43. The minimum atomic E-state index is 0.000474. The van der Waals surface area contributed by atoms with E-state index in [0.29, 0.717) is 11.1 Å². The highest BCUT2D eigenvalue weighted by Gasteiger charge is 2.27. The van der Waals surface area contributed by atoms with Crippen molar-refractivity contribution >= 4 is 21.5 Å². The van der Waals surface area contributed by atoms with Crippen molar-refractivity contribution in [3.05, 3.63) is 79.1 Å². The molecule has 0 bridgehead atoms. The highest BCUT2D eigenvalue weighted by atomic mass is 16.1. The predicted molar refractivity (Wildman–Crippen MR) is 109 cm³/mol. The number of aryl methyl sites for hydroxylation is 4. The van der Waals surface area contributed by atoms with Gasteiger partial charge >= 0.3 is 0 Å². The highest BCUT2D eigenvalue weighted by Crippen LogP contribution is 2.43. The summed E-state index contributed by atoms with van der Waals surface area (Å²) in [4.78, 5) is 26.3. The molecule has 0 aliphatic heterocycles. The molecule has 0 saturated heterocycles.